The van der Waals surface area contributed by atoms with Gasteiger partial charge in [0, 0.05) is 32.1 Å². The van der Waals surface area contributed by atoms with Crippen LogP contribution in [0.15, 0.2) is 0 Å². The van der Waals surface area contributed by atoms with E-state index < -0.39 is 0 Å². The van der Waals surface area contributed by atoms with E-state index in [1.165, 1.54) is 0 Å². The zero-order valence-electron chi connectivity index (χ0n) is 10.8. The Morgan fingerprint density at radius 1 is 1.33 bits per heavy atom. The van der Waals surface area contributed by atoms with Crippen LogP contribution >= 0.6 is 15.9 Å². The summed E-state index contributed by atoms with van der Waals surface area (Å²) in [4.78, 5) is 2.40. The van der Waals surface area contributed by atoms with E-state index >= 15 is 0 Å². The SMILES string of the molecule is COCCCN(C)CC(CBr)C(C)(C)C. The molecule has 0 heterocycles. The van der Waals surface area contributed by atoms with E-state index in [4.69, 9.17) is 4.74 Å². The summed E-state index contributed by atoms with van der Waals surface area (Å²) in [6, 6.07) is 0. The minimum atomic E-state index is 0.374. The molecule has 0 bridgehead atoms. The maximum Gasteiger partial charge on any atom is 0.0474 e. The fraction of sp³-hybridized carbons (Fsp3) is 1.00. The van der Waals surface area contributed by atoms with Crippen molar-refractivity contribution >= 4 is 15.9 Å². The Kier molecular flexibility index (Phi) is 7.84. The van der Waals surface area contributed by atoms with Crippen LogP contribution in [0.1, 0.15) is 27.2 Å². The Hall–Kier alpha value is 0.400. The van der Waals surface area contributed by atoms with Gasteiger partial charge in [0.15, 0.2) is 0 Å². The largest absolute Gasteiger partial charge is 0.385 e. The number of hydrogen-bond donors (Lipinski definition) is 0. The van der Waals surface area contributed by atoms with Crippen LogP contribution in [0.5, 0.6) is 0 Å². The Morgan fingerprint density at radius 2 is 1.93 bits per heavy atom. The highest BCUT2D eigenvalue weighted by atomic mass is 79.9. The monoisotopic (exact) mass is 279 g/mol. The summed E-state index contributed by atoms with van der Waals surface area (Å²) in [5, 5.41) is 1.07. The average Bonchev–Trinajstić information content (AvgIpc) is 2.12. The van der Waals surface area contributed by atoms with Crippen molar-refractivity contribution in [1.82, 2.24) is 4.90 Å². The summed E-state index contributed by atoms with van der Waals surface area (Å²) >= 11 is 3.61. The third-order valence-electron chi connectivity index (χ3n) is 2.83. The van der Waals surface area contributed by atoms with Gasteiger partial charge in [-0.2, -0.15) is 0 Å². The van der Waals surface area contributed by atoms with Crippen molar-refractivity contribution in [2.24, 2.45) is 11.3 Å². The molecule has 0 aliphatic carbocycles. The van der Waals surface area contributed by atoms with E-state index in [1.54, 1.807) is 7.11 Å². The summed E-state index contributed by atoms with van der Waals surface area (Å²) in [5.41, 5.74) is 0.374. The number of rotatable bonds is 7. The molecule has 0 aliphatic rings. The van der Waals surface area contributed by atoms with Gasteiger partial charge in [0.1, 0.15) is 0 Å². The zero-order chi connectivity index (χ0) is 11.9. The molecule has 0 aromatic carbocycles. The van der Waals surface area contributed by atoms with Crippen molar-refractivity contribution in [3.63, 3.8) is 0 Å². The van der Waals surface area contributed by atoms with Crippen molar-refractivity contribution in [2.45, 2.75) is 27.2 Å². The first kappa shape index (κ1) is 15.4. The second-order valence-electron chi connectivity index (χ2n) is 5.33. The minimum absolute atomic E-state index is 0.374. The van der Waals surface area contributed by atoms with Gasteiger partial charge in [0.25, 0.3) is 0 Å². The molecule has 15 heavy (non-hydrogen) atoms. The van der Waals surface area contributed by atoms with E-state index in [1.807, 2.05) is 0 Å². The van der Waals surface area contributed by atoms with Crippen LogP contribution in [0.25, 0.3) is 0 Å². The van der Waals surface area contributed by atoms with E-state index in [-0.39, 0.29) is 0 Å². The van der Waals surface area contributed by atoms with Gasteiger partial charge in [-0.05, 0) is 24.8 Å². The Morgan fingerprint density at radius 3 is 2.33 bits per heavy atom. The lowest BCUT2D eigenvalue weighted by Crippen LogP contribution is -2.35. The molecular weight excluding hydrogens is 254 g/mol. The molecule has 0 radical (unpaired) electrons. The molecule has 0 rings (SSSR count). The Labute approximate surface area is 103 Å². The standard InChI is InChI=1S/C12H26BrNO/c1-12(2,3)11(9-13)10-14(4)7-6-8-15-5/h11H,6-10H2,1-5H3. The second kappa shape index (κ2) is 7.64. The van der Waals surface area contributed by atoms with Crippen molar-refractivity contribution in [1.29, 1.82) is 0 Å². The summed E-state index contributed by atoms with van der Waals surface area (Å²) in [5.74, 6) is 0.699. The van der Waals surface area contributed by atoms with Gasteiger partial charge in [0.2, 0.25) is 0 Å². The highest BCUT2D eigenvalue weighted by Crippen LogP contribution is 2.27. The first-order valence-corrected chi connectivity index (χ1v) is 6.77. The van der Waals surface area contributed by atoms with Gasteiger partial charge in [-0.1, -0.05) is 36.7 Å². The third kappa shape index (κ3) is 7.31. The summed E-state index contributed by atoms with van der Waals surface area (Å²) in [6.45, 7) is 10.1. The minimum Gasteiger partial charge on any atom is -0.385 e. The molecule has 1 atom stereocenters. The Balaban J connectivity index is 3.86. The van der Waals surface area contributed by atoms with E-state index in [0.29, 0.717) is 11.3 Å². The second-order valence-corrected chi connectivity index (χ2v) is 5.97. The molecule has 0 fully saturated rings. The molecule has 1 unspecified atom stereocenters. The number of alkyl halides is 1. The van der Waals surface area contributed by atoms with Crippen LogP contribution in [0, 0.1) is 11.3 Å². The highest BCUT2D eigenvalue weighted by molar-refractivity contribution is 9.09. The van der Waals surface area contributed by atoms with Gasteiger partial charge in [0.05, 0.1) is 0 Å². The van der Waals surface area contributed by atoms with Crippen molar-refractivity contribution in [2.75, 3.05) is 39.2 Å². The summed E-state index contributed by atoms with van der Waals surface area (Å²) in [6.07, 6.45) is 1.12. The normalized spacial score (nSPS) is 14.6. The Bertz CT molecular complexity index is 156. The molecule has 0 N–H and O–H groups in total. The van der Waals surface area contributed by atoms with Crippen LogP contribution in [-0.2, 0) is 4.74 Å². The number of halogens is 1. The number of methoxy groups -OCH3 is 1. The number of ether oxygens (including phenoxy) is 1. The van der Waals surface area contributed by atoms with Crippen LogP contribution in [-0.4, -0.2) is 44.1 Å². The molecule has 0 saturated heterocycles. The molecule has 0 aromatic heterocycles. The molecule has 0 spiro atoms. The van der Waals surface area contributed by atoms with Gasteiger partial charge in [-0.15, -0.1) is 0 Å². The lowest BCUT2D eigenvalue weighted by molar-refractivity contribution is 0.156. The fourth-order valence-electron chi connectivity index (χ4n) is 1.50. The van der Waals surface area contributed by atoms with Crippen LogP contribution < -0.4 is 0 Å². The predicted octanol–water partition coefficient (Wildman–Crippen LogP) is 3.01. The molecule has 92 valence electrons. The molecule has 2 nitrogen and oxygen atoms in total. The molecule has 0 aromatic rings. The van der Waals surface area contributed by atoms with Crippen molar-refractivity contribution < 1.29 is 4.74 Å². The predicted molar refractivity (Wildman–Crippen MR) is 70.7 cm³/mol. The smallest absolute Gasteiger partial charge is 0.0474 e. The van der Waals surface area contributed by atoms with Crippen LogP contribution in [0.2, 0.25) is 0 Å². The molecule has 0 aliphatic heterocycles. The van der Waals surface area contributed by atoms with E-state index in [0.717, 1.165) is 31.4 Å². The molecule has 0 saturated carbocycles. The van der Waals surface area contributed by atoms with E-state index in [2.05, 4.69) is 48.6 Å². The lowest BCUT2D eigenvalue weighted by atomic mass is 9.82. The first-order valence-electron chi connectivity index (χ1n) is 5.65. The number of nitrogens with zero attached hydrogens (tertiary/aromatic N) is 1. The number of hydrogen-bond acceptors (Lipinski definition) is 2. The molecule has 3 heteroatoms. The zero-order valence-corrected chi connectivity index (χ0v) is 12.4. The van der Waals surface area contributed by atoms with E-state index in [9.17, 15) is 0 Å². The lowest BCUT2D eigenvalue weighted by Gasteiger charge is -2.32. The third-order valence-corrected chi connectivity index (χ3v) is 3.61. The summed E-state index contributed by atoms with van der Waals surface area (Å²) in [7, 11) is 3.95. The first-order chi connectivity index (χ1) is 6.91. The van der Waals surface area contributed by atoms with Gasteiger partial charge < -0.3 is 9.64 Å². The van der Waals surface area contributed by atoms with Crippen LogP contribution in [0.3, 0.4) is 0 Å². The average molecular weight is 280 g/mol. The van der Waals surface area contributed by atoms with Crippen LogP contribution in [0.4, 0.5) is 0 Å². The van der Waals surface area contributed by atoms with Gasteiger partial charge >= 0.3 is 0 Å². The highest BCUT2D eigenvalue weighted by Gasteiger charge is 2.24. The summed E-state index contributed by atoms with van der Waals surface area (Å²) < 4.78 is 5.05. The van der Waals surface area contributed by atoms with Crippen molar-refractivity contribution in [3.05, 3.63) is 0 Å². The maximum absolute atomic E-state index is 5.05. The van der Waals surface area contributed by atoms with Gasteiger partial charge in [-0.3, -0.25) is 0 Å². The quantitative estimate of drug-likeness (QED) is 0.525. The topological polar surface area (TPSA) is 12.5 Å². The van der Waals surface area contributed by atoms with Crippen molar-refractivity contribution in [3.8, 4) is 0 Å². The molecular formula is C12H26BrNO. The fourth-order valence-corrected chi connectivity index (χ4v) is 2.68. The van der Waals surface area contributed by atoms with Gasteiger partial charge in [-0.25, -0.2) is 0 Å². The maximum atomic E-state index is 5.05. The molecule has 0 amide bonds.